The molecule has 2 aromatic heterocycles. The lowest BCUT2D eigenvalue weighted by atomic mass is 10.2. The van der Waals surface area contributed by atoms with Gasteiger partial charge in [0.15, 0.2) is 0 Å². The maximum atomic E-state index is 11.2. The number of aryl methyl sites for hydroxylation is 1. The molecule has 2 aromatic rings. The smallest absolute Gasteiger partial charge is 0.407 e. The molecule has 2 heterocycles. The van der Waals surface area contributed by atoms with Crippen molar-refractivity contribution in [1.29, 1.82) is 0 Å². The van der Waals surface area contributed by atoms with E-state index in [-0.39, 0.29) is 6.09 Å². The number of hydrogen-bond donors (Lipinski definition) is 1. The van der Waals surface area contributed by atoms with E-state index in [1.165, 1.54) is 16.8 Å². The van der Waals surface area contributed by atoms with E-state index in [2.05, 4.69) is 28.8 Å². The SMILES string of the molecule is CCOC(=O)NCCc1c(C)cc2ccccn12. The van der Waals surface area contributed by atoms with Crippen LogP contribution >= 0.6 is 0 Å². The molecule has 0 aliphatic carbocycles. The standard InChI is InChI=1S/C14H18N2O2/c1-3-18-14(17)15-8-7-13-11(2)10-12-6-4-5-9-16(12)13/h4-6,9-10H,3,7-8H2,1-2H3,(H,15,17). The molecule has 0 atom stereocenters. The first-order valence-corrected chi connectivity index (χ1v) is 6.18. The van der Waals surface area contributed by atoms with Crippen molar-refractivity contribution in [2.24, 2.45) is 0 Å². The van der Waals surface area contributed by atoms with Crippen LogP contribution < -0.4 is 5.32 Å². The fourth-order valence-corrected chi connectivity index (χ4v) is 2.10. The van der Waals surface area contributed by atoms with Gasteiger partial charge in [0.2, 0.25) is 0 Å². The number of alkyl carbamates (subject to hydrolysis) is 1. The zero-order valence-corrected chi connectivity index (χ0v) is 10.8. The second kappa shape index (κ2) is 5.58. The molecule has 4 heteroatoms. The minimum Gasteiger partial charge on any atom is -0.450 e. The monoisotopic (exact) mass is 246 g/mol. The van der Waals surface area contributed by atoms with Crippen LogP contribution in [0.15, 0.2) is 30.5 Å². The highest BCUT2D eigenvalue weighted by molar-refractivity contribution is 5.67. The first-order valence-electron chi connectivity index (χ1n) is 6.18. The van der Waals surface area contributed by atoms with Gasteiger partial charge < -0.3 is 14.5 Å². The average Bonchev–Trinajstić information content (AvgIpc) is 2.66. The van der Waals surface area contributed by atoms with Crippen LogP contribution in [0.1, 0.15) is 18.2 Å². The molecule has 1 N–H and O–H groups in total. The topological polar surface area (TPSA) is 42.7 Å². The van der Waals surface area contributed by atoms with Gasteiger partial charge in [-0.3, -0.25) is 0 Å². The number of ether oxygens (including phenoxy) is 1. The van der Waals surface area contributed by atoms with Gasteiger partial charge in [-0.1, -0.05) is 6.07 Å². The number of fused-ring (bicyclic) bond motifs is 1. The van der Waals surface area contributed by atoms with E-state index in [0.717, 1.165) is 6.42 Å². The largest absolute Gasteiger partial charge is 0.450 e. The van der Waals surface area contributed by atoms with Crippen molar-refractivity contribution in [1.82, 2.24) is 9.72 Å². The van der Waals surface area contributed by atoms with Gasteiger partial charge in [0.05, 0.1) is 6.61 Å². The Morgan fingerprint density at radius 3 is 3.06 bits per heavy atom. The molecule has 4 nitrogen and oxygen atoms in total. The Hall–Kier alpha value is -1.97. The summed E-state index contributed by atoms with van der Waals surface area (Å²) in [5.74, 6) is 0. The molecule has 0 unspecified atom stereocenters. The van der Waals surface area contributed by atoms with Crippen molar-refractivity contribution >= 4 is 11.6 Å². The molecule has 96 valence electrons. The predicted octanol–water partition coefficient (Wildman–Crippen LogP) is 2.54. The highest BCUT2D eigenvalue weighted by Crippen LogP contribution is 2.15. The number of hydrogen-bond acceptors (Lipinski definition) is 2. The lowest BCUT2D eigenvalue weighted by molar-refractivity contribution is 0.152. The van der Waals surface area contributed by atoms with E-state index in [1.807, 2.05) is 18.3 Å². The Kier molecular flexibility index (Phi) is 3.87. The van der Waals surface area contributed by atoms with Crippen molar-refractivity contribution in [2.45, 2.75) is 20.3 Å². The number of amides is 1. The molecule has 0 fully saturated rings. The van der Waals surface area contributed by atoms with E-state index in [1.54, 1.807) is 6.92 Å². The summed E-state index contributed by atoms with van der Waals surface area (Å²) < 4.78 is 6.98. The summed E-state index contributed by atoms with van der Waals surface area (Å²) in [6.45, 7) is 4.87. The molecule has 0 aromatic carbocycles. The third-order valence-corrected chi connectivity index (χ3v) is 2.91. The zero-order chi connectivity index (χ0) is 13.0. The molecule has 0 spiro atoms. The van der Waals surface area contributed by atoms with Crippen molar-refractivity contribution in [3.63, 3.8) is 0 Å². The normalized spacial score (nSPS) is 10.6. The molecule has 0 aliphatic rings. The van der Waals surface area contributed by atoms with Gasteiger partial charge in [-0.05, 0) is 37.6 Å². The molecule has 0 saturated heterocycles. The molecule has 1 amide bonds. The number of rotatable bonds is 4. The molecular formula is C14H18N2O2. The highest BCUT2D eigenvalue weighted by Gasteiger charge is 2.07. The maximum absolute atomic E-state index is 11.2. The Morgan fingerprint density at radius 1 is 1.44 bits per heavy atom. The maximum Gasteiger partial charge on any atom is 0.407 e. The van der Waals surface area contributed by atoms with Gasteiger partial charge in [-0.15, -0.1) is 0 Å². The van der Waals surface area contributed by atoms with Crippen LogP contribution in [-0.4, -0.2) is 23.6 Å². The number of pyridine rings is 1. The second-order valence-electron chi connectivity index (χ2n) is 4.17. The highest BCUT2D eigenvalue weighted by atomic mass is 16.5. The van der Waals surface area contributed by atoms with E-state index in [9.17, 15) is 4.79 Å². The lowest BCUT2D eigenvalue weighted by Gasteiger charge is -2.06. The predicted molar refractivity (Wildman–Crippen MR) is 70.9 cm³/mol. The summed E-state index contributed by atoms with van der Waals surface area (Å²) in [5, 5.41) is 2.74. The van der Waals surface area contributed by atoms with Crippen LogP contribution in [0.4, 0.5) is 4.79 Å². The van der Waals surface area contributed by atoms with E-state index in [0.29, 0.717) is 13.2 Å². The summed E-state index contributed by atoms with van der Waals surface area (Å²) in [6, 6.07) is 8.26. The number of nitrogens with zero attached hydrogens (tertiary/aromatic N) is 1. The number of nitrogens with one attached hydrogen (secondary N) is 1. The van der Waals surface area contributed by atoms with Gasteiger partial charge in [0.1, 0.15) is 0 Å². The molecular weight excluding hydrogens is 228 g/mol. The fraction of sp³-hybridized carbons (Fsp3) is 0.357. The van der Waals surface area contributed by atoms with Crippen LogP contribution in [0.25, 0.3) is 5.52 Å². The zero-order valence-electron chi connectivity index (χ0n) is 10.8. The minimum atomic E-state index is -0.351. The third-order valence-electron chi connectivity index (χ3n) is 2.91. The quantitative estimate of drug-likeness (QED) is 0.900. The Morgan fingerprint density at radius 2 is 2.28 bits per heavy atom. The first kappa shape index (κ1) is 12.5. The fourth-order valence-electron chi connectivity index (χ4n) is 2.10. The summed E-state index contributed by atoms with van der Waals surface area (Å²) >= 11 is 0. The Labute approximate surface area is 107 Å². The summed E-state index contributed by atoms with van der Waals surface area (Å²) in [7, 11) is 0. The molecule has 0 bridgehead atoms. The Bertz CT molecular complexity index is 546. The van der Waals surface area contributed by atoms with Crippen LogP contribution in [-0.2, 0) is 11.2 Å². The van der Waals surface area contributed by atoms with Crippen molar-refractivity contribution in [3.8, 4) is 0 Å². The van der Waals surface area contributed by atoms with Crippen LogP contribution in [0.5, 0.6) is 0 Å². The van der Waals surface area contributed by atoms with Gasteiger partial charge in [-0.25, -0.2) is 4.79 Å². The molecule has 0 saturated carbocycles. The van der Waals surface area contributed by atoms with Gasteiger partial charge in [0.25, 0.3) is 0 Å². The summed E-state index contributed by atoms with van der Waals surface area (Å²) in [6.07, 6.45) is 2.49. The van der Waals surface area contributed by atoms with Crippen LogP contribution in [0, 0.1) is 6.92 Å². The van der Waals surface area contributed by atoms with E-state index < -0.39 is 0 Å². The van der Waals surface area contributed by atoms with Crippen molar-refractivity contribution < 1.29 is 9.53 Å². The van der Waals surface area contributed by atoms with Crippen LogP contribution in [0.3, 0.4) is 0 Å². The first-order chi connectivity index (χ1) is 8.72. The third kappa shape index (κ3) is 2.64. The Balaban J connectivity index is 2.03. The summed E-state index contributed by atoms with van der Waals surface area (Å²) in [4.78, 5) is 11.2. The minimum absolute atomic E-state index is 0.351. The average molecular weight is 246 g/mol. The molecule has 0 aliphatic heterocycles. The molecule has 18 heavy (non-hydrogen) atoms. The second-order valence-corrected chi connectivity index (χ2v) is 4.17. The molecule has 0 radical (unpaired) electrons. The lowest BCUT2D eigenvalue weighted by Crippen LogP contribution is -2.26. The van der Waals surface area contributed by atoms with E-state index in [4.69, 9.17) is 4.74 Å². The van der Waals surface area contributed by atoms with Gasteiger partial charge in [0, 0.05) is 30.4 Å². The van der Waals surface area contributed by atoms with Crippen molar-refractivity contribution in [2.75, 3.05) is 13.2 Å². The van der Waals surface area contributed by atoms with Crippen molar-refractivity contribution in [3.05, 3.63) is 41.7 Å². The summed E-state index contributed by atoms with van der Waals surface area (Å²) in [5.41, 5.74) is 3.65. The van der Waals surface area contributed by atoms with Crippen LogP contribution in [0.2, 0.25) is 0 Å². The van der Waals surface area contributed by atoms with Gasteiger partial charge >= 0.3 is 6.09 Å². The number of carbonyl (C=O) groups excluding carboxylic acids is 1. The number of aromatic nitrogens is 1. The van der Waals surface area contributed by atoms with Gasteiger partial charge in [-0.2, -0.15) is 0 Å². The number of carbonyl (C=O) groups is 1. The van der Waals surface area contributed by atoms with E-state index >= 15 is 0 Å². The molecule has 2 rings (SSSR count).